The molecule has 0 aromatic carbocycles. The first-order valence-electron chi connectivity index (χ1n) is 5.16. The summed E-state index contributed by atoms with van der Waals surface area (Å²) < 4.78 is 0.615. The molecular weight excluding hydrogens is 316 g/mol. The number of nitrogens with zero attached hydrogens (tertiary/aromatic N) is 2. The number of halogens is 1. The van der Waals surface area contributed by atoms with Crippen LogP contribution in [0.25, 0.3) is 0 Å². The van der Waals surface area contributed by atoms with Gasteiger partial charge < -0.3 is 11.1 Å². The third kappa shape index (κ3) is 3.05. The zero-order valence-corrected chi connectivity index (χ0v) is 12.0. The first kappa shape index (κ1) is 13.0. The van der Waals surface area contributed by atoms with E-state index in [0.717, 1.165) is 10.7 Å². The van der Waals surface area contributed by atoms with E-state index in [1.165, 1.54) is 23.6 Å². The van der Waals surface area contributed by atoms with Crippen molar-refractivity contribution in [2.75, 3.05) is 5.73 Å². The number of anilines is 1. The van der Waals surface area contributed by atoms with Crippen molar-refractivity contribution >= 4 is 39.0 Å². The molecule has 2 heterocycles. The second-order valence-electron chi connectivity index (χ2n) is 3.65. The van der Waals surface area contributed by atoms with E-state index in [4.69, 9.17) is 5.73 Å². The van der Waals surface area contributed by atoms with Gasteiger partial charge in [0, 0.05) is 21.7 Å². The summed E-state index contributed by atoms with van der Waals surface area (Å²) in [5, 5.41) is 5.61. The highest BCUT2D eigenvalue weighted by molar-refractivity contribution is 9.10. The van der Waals surface area contributed by atoms with Gasteiger partial charge in [-0.3, -0.25) is 4.79 Å². The molecule has 0 spiro atoms. The molecule has 0 aliphatic rings. The van der Waals surface area contributed by atoms with Crippen LogP contribution in [0.2, 0.25) is 0 Å². The van der Waals surface area contributed by atoms with Gasteiger partial charge in [-0.25, -0.2) is 9.97 Å². The minimum atomic E-state index is -0.205. The standard InChI is InChI=1S/C11H11BrN4OS/c1-6-5-18-10(16-6)4-15-11(17)7-2-9(13)14-3-8(7)12/h2-3,5H,4H2,1H3,(H2,13,14)(H,15,17). The summed E-state index contributed by atoms with van der Waals surface area (Å²) in [4.78, 5) is 20.1. The number of amides is 1. The number of hydrogen-bond acceptors (Lipinski definition) is 5. The Hall–Kier alpha value is -1.47. The number of nitrogens with one attached hydrogen (secondary N) is 1. The van der Waals surface area contributed by atoms with Crippen LogP contribution in [0, 0.1) is 6.92 Å². The lowest BCUT2D eigenvalue weighted by Gasteiger charge is -2.05. The molecule has 0 atom stereocenters. The summed E-state index contributed by atoms with van der Waals surface area (Å²) in [5.74, 6) is 0.109. The normalized spacial score (nSPS) is 10.3. The Balaban J connectivity index is 2.05. The number of nitrogens with two attached hydrogens (primary N) is 1. The fourth-order valence-corrected chi connectivity index (χ4v) is 2.47. The molecule has 0 unspecified atom stereocenters. The molecule has 7 heteroatoms. The third-order valence-corrected chi connectivity index (χ3v) is 3.79. The number of aryl methyl sites for hydroxylation is 1. The van der Waals surface area contributed by atoms with Gasteiger partial charge in [0.1, 0.15) is 10.8 Å². The van der Waals surface area contributed by atoms with Crippen LogP contribution in [-0.2, 0) is 6.54 Å². The number of pyridine rings is 1. The van der Waals surface area contributed by atoms with Crippen molar-refractivity contribution < 1.29 is 4.79 Å². The van der Waals surface area contributed by atoms with E-state index < -0.39 is 0 Å². The Bertz CT molecular complexity index is 584. The molecule has 5 nitrogen and oxygen atoms in total. The van der Waals surface area contributed by atoms with Crippen LogP contribution in [0.5, 0.6) is 0 Å². The number of hydrogen-bond donors (Lipinski definition) is 2. The average Bonchev–Trinajstić information content (AvgIpc) is 2.75. The topological polar surface area (TPSA) is 80.9 Å². The number of aromatic nitrogens is 2. The molecule has 1 amide bonds. The number of nitrogen functional groups attached to an aromatic ring is 1. The zero-order valence-electron chi connectivity index (χ0n) is 9.61. The molecule has 94 valence electrons. The molecule has 0 saturated heterocycles. The Morgan fingerprint density at radius 2 is 2.39 bits per heavy atom. The van der Waals surface area contributed by atoms with Crippen molar-refractivity contribution in [3.05, 3.63) is 38.4 Å². The summed E-state index contributed by atoms with van der Waals surface area (Å²) in [6.07, 6.45) is 1.51. The molecule has 0 bridgehead atoms. The minimum Gasteiger partial charge on any atom is -0.384 e. The maximum atomic E-state index is 12.0. The van der Waals surface area contributed by atoms with E-state index in [2.05, 4.69) is 31.2 Å². The number of carbonyl (C=O) groups excluding carboxylic acids is 1. The van der Waals surface area contributed by atoms with E-state index in [-0.39, 0.29) is 5.91 Å². The largest absolute Gasteiger partial charge is 0.384 e. The molecule has 2 aromatic heterocycles. The van der Waals surface area contributed by atoms with Gasteiger partial charge in [0.15, 0.2) is 0 Å². The monoisotopic (exact) mass is 326 g/mol. The van der Waals surface area contributed by atoms with Crippen LogP contribution in [0.15, 0.2) is 22.1 Å². The van der Waals surface area contributed by atoms with Gasteiger partial charge in [-0.1, -0.05) is 0 Å². The van der Waals surface area contributed by atoms with Gasteiger partial charge in [-0.15, -0.1) is 11.3 Å². The van der Waals surface area contributed by atoms with Crippen LogP contribution < -0.4 is 11.1 Å². The second-order valence-corrected chi connectivity index (χ2v) is 5.45. The van der Waals surface area contributed by atoms with Crippen molar-refractivity contribution in [2.24, 2.45) is 0 Å². The third-order valence-electron chi connectivity index (χ3n) is 2.19. The average molecular weight is 327 g/mol. The maximum Gasteiger partial charge on any atom is 0.252 e. The minimum absolute atomic E-state index is 0.205. The molecule has 0 fully saturated rings. The highest BCUT2D eigenvalue weighted by atomic mass is 79.9. The first-order chi connectivity index (χ1) is 8.56. The fourth-order valence-electron chi connectivity index (χ4n) is 1.36. The van der Waals surface area contributed by atoms with Gasteiger partial charge >= 0.3 is 0 Å². The van der Waals surface area contributed by atoms with E-state index in [1.807, 2.05) is 12.3 Å². The lowest BCUT2D eigenvalue weighted by Crippen LogP contribution is -2.23. The Kier molecular flexibility index (Phi) is 3.93. The molecular formula is C11H11BrN4OS. The summed E-state index contributed by atoms with van der Waals surface area (Å²) in [7, 11) is 0. The van der Waals surface area contributed by atoms with Crippen molar-refractivity contribution in [3.63, 3.8) is 0 Å². The molecule has 3 N–H and O–H groups in total. The van der Waals surface area contributed by atoms with Gasteiger partial charge in [-0.05, 0) is 28.9 Å². The molecule has 0 aliphatic heterocycles. The lowest BCUT2D eigenvalue weighted by molar-refractivity contribution is 0.0950. The predicted octanol–water partition coefficient (Wildman–Crippen LogP) is 2.12. The predicted molar refractivity (Wildman–Crippen MR) is 74.4 cm³/mol. The van der Waals surface area contributed by atoms with Crippen molar-refractivity contribution in [1.82, 2.24) is 15.3 Å². The maximum absolute atomic E-state index is 12.0. The highest BCUT2D eigenvalue weighted by Gasteiger charge is 2.11. The first-order valence-corrected chi connectivity index (χ1v) is 6.84. The van der Waals surface area contributed by atoms with Crippen molar-refractivity contribution in [1.29, 1.82) is 0 Å². The van der Waals surface area contributed by atoms with E-state index in [1.54, 1.807) is 0 Å². The van der Waals surface area contributed by atoms with E-state index >= 15 is 0 Å². The Morgan fingerprint density at radius 3 is 3.06 bits per heavy atom. The Labute approximate surface area is 117 Å². The molecule has 2 rings (SSSR count). The molecule has 18 heavy (non-hydrogen) atoms. The van der Waals surface area contributed by atoms with Gasteiger partial charge in [-0.2, -0.15) is 0 Å². The number of thiazole rings is 1. The number of carbonyl (C=O) groups is 1. The van der Waals surface area contributed by atoms with Crippen molar-refractivity contribution in [2.45, 2.75) is 13.5 Å². The quantitative estimate of drug-likeness (QED) is 0.905. The van der Waals surface area contributed by atoms with E-state index in [9.17, 15) is 4.79 Å². The molecule has 2 aromatic rings. The summed E-state index contributed by atoms with van der Waals surface area (Å²) in [5.41, 5.74) is 6.98. The lowest BCUT2D eigenvalue weighted by atomic mass is 10.2. The molecule has 0 aliphatic carbocycles. The summed E-state index contributed by atoms with van der Waals surface area (Å²) in [6.45, 7) is 2.33. The summed E-state index contributed by atoms with van der Waals surface area (Å²) >= 11 is 4.79. The second kappa shape index (κ2) is 5.45. The van der Waals surface area contributed by atoms with E-state index in [0.29, 0.717) is 22.4 Å². The van der Waals surface area contributed by atoms with Crippen LogP contribution in [0.1, 0.15) is 21.1 Å². The van der Waals surface area contributed by atoms with Crippen LogP contribution in [-0.4, -0.2) is 15.9 Å². The fraction of sp³-hybridized carbons (Fsp3) is 0.182. The van der Waals surface area contributed by atoms with Crippen LogP contribution >= 0.6 is 27.3 Å². The molecule has 0 radical (unpaired) electrons. The highest BCUT2D eigenvalue weighted by Crippen LogP contribution is 2.17. The smallest absolute Gasteiger partial charge is 0.252 e. The van der Waals surface area contributed by atoms with Gasteiger partial charge in [0.05, 0.1) is 12.1 Å². The Morgan fingerprint density at radius 1 is 1.61 bits per heavy atom. The van der Waals surface area contributed by atoms with Crippen molar-refractivity contribution in [3.8, 4) is 0 Å². The molecule has 0 saturated carbocycles. The number of rotatable bonds is 3. The zero-order chi connectivity index (χ0) is 13.1. The SMILES string of the molecule is Cc1csc(CNC(=O)c2cc(N)ncc2Br)n1. The summed E-state index contributed by atoms with van der Waals surface area (Å²) in [6, 6.07) is 1.53. The van der Waals surface area contributed by atoms with Gasteiger partial charge in [0.2, 0.25) is 0 Å². The van der Waals surface area contributed by atoms with Crippen LogP contribution in [0.3, 0.4) is 0 Å². The van der Waals surface area contributed by atoms with Crippen LogP contribution in [0.4, 0.5) is 5.82 Å². The van der Waals surface area contributed by atoms with Gasteiger partial charge in [0.25, 0.3) is 5.91 Å².